The van der Waals surface area contributed by atoms with E-state index in [9.17, 15) is 4.79 Å². The van der Waals surface area contributed by atoms with Crippen LogP contribution in [-0.2, 0) is 24.3 Å². The number of carbonyl (C=O) groups excluding carboxylic acids is 1. The largest absolute Gasteiger partial charge is 0.337 e. The fourth-order valence-corrected chi connectivity index (χ4v) is 5.45. The van der Waals surface area contributed by atoms with Crippen LogP contribution in [0.25, 0.3) is 11.0 Å². The molecule has 31 heavy (non-hydrogen) atoms. The Morgan fingerprint density at radius 2 is 1.90 bits per heavy atom. The summed E-state index contributed by atoms with van der Waals surface area (Å²) >= 11 is 6.08. The molecule has 0 unspecified atom stereocenters. The number of hydrogen-bond acceptors (Lipinski definition) is 2. The highest BCUT2D eigenvalue weighted by Gasteiger charge is 2.29. The summed E-state index contributed by atoms with van der Waals surface area (Å²) in [6.07, 6.45) is 8.40. The van der Waals surface area contributed by atoms with Gasteiger partial charge >= 0.3 is 0 Å². The summed E-state index contributed by atoms with van der Waals surface area (Å²) in [6, 6.07) is 12.2. The molecule has 1 aromatic carbocycles. The minimum atomic E-state index is 0.321. The van der Waals surface area contributed by atoms with Crippen molar-refractivity contribution in [1.82, 2.24) is 14.5 Å². The lowest BCUT2D eigenvalue weighted by Crippen LogP contribution is -2.37. The van der Waals surface area contributed by atoms with Crippen molar-refractivity contribution < 1.29 is 4.79 Å². The first-order valence-electron chi connectivity index (χ1n) is 11.6. The van der Waals surface area contributed by atoms with Crippen LogP contribution in [0.15, 0.2) is 42.6 Å². The van der Waals surface area contributed by atoms with Crippen molar-refractivity contribution in [3.05, 3.63) is 64.4 Å². The third-order valence-corrected chi connectivity index (χ3v) is 7.47. The first-order valence-corrected chi connectivity index (χ1v) is 11.9. The zero-order valence-electron chi connectivity index (χ0n) is 18.2. The Kier molecular flexibility index (Phi) is 5.75. The van der Waals surface area contributed by atoms with Crippen molar-refractivity contribution in [1.29, 1.82) is 0 Å². The second-order valence-electron chi connectivity index (χ2n) is 9.41. The molecule has 0 spiro atoms. The zero-order valence-corrected chi connectivity index (χ0v) is 18.9. The average Bonchev–Trinajstić information content (AvgIpc) is 3.10. The van der Waals surface area contributed by atoms with Crippen LogP contribution in [0.3, 0.4) is 0 Å². The highest BCUT2D eigenvalue weighted by atomic mass is 35.5. The van der Waals surface area contributed by atoms with Gasteiger partial charge in [0.05, 0.1) is 6.54 Å². The maximum absolute atomic E-state index is 13.2. The van der Waals surface area contributed by atoms with Crippen LogP contribution < -0.4 is 0 Å². The van der Waals surface area contributed by atoms with Gasteiger partial charge in [-0.25, -0.2) is 4.98 Å². The molecule has 2 aliphatic rings. The average molecular weight is 436 g/mol. The second kappa shape index (κ2) is 8.66. The van der Waals surface area contributed by atoms with Gasteiger partial charge in [-0.3, -0.25) is 4.79 Å². The molecular weight excluding hydrogens is 406 g/mol. The number of fused-ring (bicyclic) bond motifs is 3. The lowest BCUT2D eigenvalue weighted by atomic mass is 9.81. The summed E-state index contributed by atoms with van der Waals surface area (Å²) < 4.78 is 2.30. The van der Waals surface area contributed by atoms with E-state index in [0.29, 0.717) is 24.8 Å². The summed E-state index contributed by atoms with van der Waals surface area (Å²) in [7, 11) is 0. The molecule has 0 radical (unpaired) electrons. The highest BCUT2D eigenvalue weighted by Crippen LogP contribution is 2.33. The molecule has 1 amide bonds. The third kappa shape index (κ3) is 4.23. The van der Waals surface area contributed by atoms with E-state index in [1.165, 1.54) is 47.9 Å². The van der Waals surface area contributed by atoms with Crippen LogP contribution in [0.1, 0.15) is 55.8 Å². The molecule has 0 bridgehead atoms. The zero-order chi connectivity index (χ0) is 21.4. The van der Waals surface area contributed by atoms with Gasteiger partial charge in [0.2, 0.25) is 5.91 Å². The molecule has 1 saturated carbocycles. The fourth-order valence-electron chi connectivity index (χ4n) is 5.33. The number of amides is 1. The number of rotatable bonds is 4. The van der Waals surface area contributed by atoms with Crippen LogP contribution in [-0.4, -0.2) is 26.9 Å². The van der Waals surface area contributed by atoms with Gasteiger partial charge in [0.1, 0.15) is 5.65 Å². The SMILES string of the molecule is CC1CCC(CC(=O)N2CCc3c(n(Cc4ccc(Cl)cc4)c4ncccc34)C2)CC1. The molecule has 1 aliphatic heterocycles. The quantitative estimate of drug-likeness (QED) is 0.516. The van der Waals surface area contributed by atoms with E-state index in [1.54, 1.807) is 0 Å². The predicted molar refractivity (Wildman–Crippen MR) is 125 cm³/mol. The standard InChI is InChI=1S/C26H30ClN3O/c1-18-4-6-19(7-5-18)15-25(31)29-14-12-22-23-3-2-13-28-26(23)30(24(22)17-29)16-20-8-10-21(27)11-9-20/h2-3,8-11,13,18-19H,4-7,12,14-17H2,1H3. The monoisotopic (exact) mass is 435 g/mol. The van der Waals surface area contributed by atoms with E-state index in [2.05, 4.69) is 34.6 Å². The van der Waals surface area contributed by atoms with Gasteiger partial charge in [0.25, 0.3) is 0 Å². The first-order chi connectivity index (χ1) is 15.1. The normalized spacial score (nSPS) is 21.3. The minimum absolute atomic E-state index is 0.321. The van der Waals surface area contributed by atoms with Crippen LogP contribution in [0.4, 0.5) is 0 Å². The summed E-state index contributed by atoms with van der Waals surface area (Å²) in [5.41, 5.74) is 4.79. The molecule has 5 heteroatoms. The Morgan fingerprint density at radius 3 is 2.68 bits per heavy atom. The van der Waals surface area contributed by atoms with Gasteiger partial charge in [-0.05, 0) is 66.5 Å². The van der Waals surface area contributed by atoms with E-state index >= 15 is 0 Å². The highest BCUT2D eigenvalue weighted by molar-refractivity contribution is 6.30. The van der Waals surface area contributed by atoms with Gasteiger partial charge in [0.15, 0.2) is 0 Å². The Hall–Kier alpha value is -2.33. The maximum Gasteiger partial charge on any atom is 0.223 e. The van der Waals surface area contributed by atoms with Crippen molar-refractivity contribution in [2.75, 3.05) is 6.54 Å². The van der Waals surface area contributed by atoms with Crippen LogP contribution >= 0.6 is 11.6 Å². The Balaban J connectivity index is 1.40. The minimum Gasteiger partial charge on any atom is -0.337 e. The van der Waals surface area contributed by atoms with E-state index in [-0.39, 0.29) is 0 Å². The van der Waals surface area contributed by atoms with Crippen molar-refractivity contribution in [3.8, 4) is 0 Å². The van der Waals surface area contributed by atoms with Crippen molar-refractivity contribution in [2.45, 2.75) is 58.5 Å². The molecule has 3 heterocycles. The first kappa shape index (κ1) is 20.6. The molecule has 0 saturated heterocycles. The molecule has 0 N–H and O–H groups in total. The molecule has 1 fully saturated rings. The van der Waals surface area contributed by atoms with Crippen LogP contribution in [0.2, 0.25) is 5.02 Å². The lowest BCUT2D eigenvalue weighted by Gasteiger charge is -2.31. The van der Waals surface area contributed by atoms with Gasteiger partial charge < -0.3 is 9.47 Å². The number of carbonyl (C=O) groups is 1. The summed E-state index contributed by atoms with van der Waals surface area (Å²) in [6.45, 7) is 4.56. The van der Waals surface area contributed by atoms with E-state index in [0.717, 1.165) is 36.1 Å². The Labute approximate surface area is 189 Å². The lowest BCUT2D eigenvalue weighted by molar-refractivity contribution is -0.133. The number of hydrogen-bond donors (Lipinski definition) is 0. The molecule has 5 rings (SSSR count). The number of aromatic nitrogens is 2. The molecule has 4 nitrogen and oxygen atoms in total. The molecule has 0 atom stereocenters. The number of benzene rings is 1. The van der Waals surface area contributed by atoms with Crippen LogP contribution in [0, 0.1) is 11.8 Å². The molecule has 3 aromatic rings. The third-order valence-electron chi connectivity index (χ3n) is 7.22. The van der Waals surface area contributed by atoms with Crippen molar-refractivity contribution in [2.24, 2.45) is 11.8 Å². The number of pyridine rings is 1. The number of nitrogens with zero attached hydrogens (tertiary/aromatic N) is 3. The van der Waals surface area contributed by atoms with Gasteiger partial charge in [0, 0.05) is 41.8 Å². The fraction of sp³-hybridized carbons (Fsp3) is 0.462. The second-order valence-corrected chi connectivity index (χ2v) is 9.84. The molecule has 162 valence electrons. The molecular formula is C26H30ClN3O. The van der Waals surface area contributed by atoms with E-state index < -0.39 is 0 Å². The van der Waals surface area contributed by atoms with Gasteiger partial charge in [-0.15, -0.1) is 0 Å². The summed E-state index contributed by atoms with van der Waals surface area (Å²) in [5.74, 6) is 1.70. The van der Waals surface area contributed by atoms with Gasteiger partial charge in [-0.2, -0.15) is 0 Å². The predicted octanol–water partition coefficient (Wildman–Crippen LogP) is 5.84. The van der Waals surface area contributed by atoms with E-state index in [4.69, 9.17) is 16.6 Å². The maximum atomic E-state index is 13.2. The topological polar surface area (TPSA) is 38.1 Å². The Bertz CT molecular complexity index is 1080. The summed E-state index contributed by atoms with van der Waals surface area (Å²) in [5, 5.41) is 1.97. The number of halogens is 1. The van der Waals surface area contributed by atoms with Crippen molar-refractivity contribution in [3.63, 3.8) is 0 Å². The van der Waals surface area contributed by atoms with Crippen LogP contribution in [0.5, 0.6) is 0 Å². The Morgan fingerprint density at radius 1 is 1.13 bits per heavy atom. The smallest absolute Gasteiger partial charge is 0.223 e. The van der Waals surface area contributed by atoms with Gasteiger partial charge in [-0.1, -0.05) is 43.5 Å². The summed E-state index contributed by atoms with van der Waals surface area (Å²) in [4.78, 5) is 20.0. The molecule has 2 aromatic heterocycles. The van der Waals surface area contributed by atoms with E-state index in [1.807, 2.05) is 24.4 Å². The molecule has 1 aliphatic carbocycles. The van der Waals surface area contributed by atoms with Crippen molar-refractivity contribution >= 4 is 28.5 Å².